The van der Waals surface area contributed by atoms with Crippen LogP contribution in [-0.2, 0) is 14.9 Å². The zero-order valence-corrected chi connectivity index (χ0v) is 12.5. The standard InChI is InChI=1S/C15H26N2O2/c1-15(2,3)13-6-7-14(17-12-13)16-8-5-9-19-11-10-18-4/h6-7,12H,5,8-11H2,1-4H3,(H,16,17). The van der Waals surface area contributed by atoms with Crippen molar-refractivity contribution in [3.05, 3.63) is 23.9 Å². The van der Waals surface area contributed by atoms with Gasteiger partial charge >= 0.3 is 0 Å². The van der Waals surface area contributed by atoms with Gasteiger partial charge in [0.2, 0.25) is 0 Å². The summed E-state index contributed by atoms with van der Waals surface area (Å²) in [6, 6.07) is 4.16. The van der Waals surface area contributed by atoms with Gasteiger partial charge in [0.25, 0.3) is 0 Å². The van der Waals surface area contributed by atoms with E-state index in [9.17, 15) is 0 Å². The Labute approximate surface area is 116 Å². The molecule has 0 fully saturated rings. The average molecular weight is 266 g/mol. The number of nitrogens with one attached hydrogen (secondary N) is 1. The Balaban J connectivity index is 2.20. The highest BCUT2D eigenvalue weighted by Gasteiger charge is 2.13. The normalized spacial score (nSPS) is 11.6. The predicted molar refractivity (Wildman–Crippen MR) is 78.7 cm³/mol. The highest BCUT2D eigenvalue weighted by molar-refractivity contribution is 5.36. The molecule has 1 N–H and O–H groups in total. The van der Waals surface area contributed by atoms with E-state index in [1.165, 1.54) is 5.56 Å². The van der Waals surface area contributed by atoms with Crippen molar-refractivity contribution in [1.29, 1.82) is 0 Å². The Hall–Kier alpha value is -1.13. The molecule has 0 aliphatic heterocycles. The van der Waals surface area contributed by atoms with Crippen LogP contribution in [0.15, 0.2) is 18.3 Å². The van der Waals surface area contributed by atoms with Gasteiger partial charge in [-0.05, 0) is 23.5 Å². The third kappa shape index (κ3) is 6.55. The third-order valence-electron chi connectivity index (χ3n) is 2.83. The number of methoxy groups -OCH3 is 1. The lowest BCUT2D eigenvalue weighted by Crippen LogP contribution is -2.12. The summed E-state index contributed by atoms with van der Waals surface area (Å²) in [6.45, 7) is 9.50. The third-order valence-corrected chi connectivity index (χ3v) is 2.83. The molecule has 0 saturated carbocycles. The minimum atomic E-state index is 0.153. The first-order valence-corrected chi connectivity index (χ1v) is 6.81. The fourth-order valence-corrected chi connectivity index (χ4v) is 1.58. The summed E-state index contributed by atoms with van der Waals surface area (Å²) in [5.41, 5.74) is 1.40. The molecule has 1 aromatic heterocycles. The van der Waals surface area contributed by atoms with Crippen molar-refractivity contribution in [3.63, 3.8) is 0 Å². The molecular formula is C15H26N2O2. The number of anilines is 1. The first-order chi connectivity index (χ1) is 9.04. The zero-order valence-electron chi connectivity index (χ0n) is 12.5. The Morgan fingerprint density at radius 2 is 1.95 bits per heavy atom. The zero-order chi connectivity index (χ0) is 14.1. The second kappa shape index (κ2) is 8.12. The second-order valence-corrected chi connectivity index (χ2v) is 5.57. The largest absolute Gasteiger partial charge is 0.382 e. The monoisotopic (exact) mass is 266 g/mol. The molecule has 1 heterocycles. The number of pyridine rings is 1. The van der Waals surface area contributed by atoms with Gasteiger partial charge in [-0.3, -0.25) is 0 Å². The SMILES string of the molecule is COCCOCCCNc1ccc(C(C)(C)C)cn1. The average Bonchev–Trinajstić information content (AvgIpc) is 2.37. The summed E-state index contributed by atoms with van der Waals surface area (Å²) in [6.07, 6.45) is 2.91. The van der Waals surface area contributed by atoms with Crippen molar-refractivity contribution in [2.24, 2.45) is 0 Å². The first-order valence-electron chi connectivity index (χ1n) is 6.81. The van der Waals surface area contributed by atoms with Gasteiger partial charge in [0.1, 0.15) is 5.82 Å². The number of ether oxygens (including phenoxy) is 2. The van der Waals surface area contributed by atoms with Gasteiger partial charge in [0.05, 0.1) is 13.2 Å². The van der Waals surface area contributed by atoms with Gasteiger partial charge in [-0.15, -0.1) is 0 Å². The molecule has 108 valence electrons. The molecule has 1 aromatic rings. The van der Waals surface area contributed by atoms with E-state index >= 15 is 0 Å². The van der Waals surface area contributed by atoms with Crippen LogP contribution in [0.3, 0.4) is 0 Å². The van der Waals surface area contributed by atoms with Crippen molar-refractivity contribution in [1.82, 2.24) is 4.98 Å². The number of hydrogen-bond acceptors (Lipinski definition) is 4. The first kappa shape index (κ1) is 15.9. The van der Waals surface area contributed by atoms with E-state index in [-0.39, 0.29) is 5.41 Å². The van der Waals surface area contributed by atoms with Crippen LogP contribution in [0.2, 0.25) is 0 Å². The molecule has 0 aliphatic carbocycles. The van der Waals surface area contributed by atoms with Crippen LogP contribution in [0.25, 0.3) is 0 Å². The molecular weight excluding hydrogens is 240 g/mol. The number of aromatic nitrogens is 1. The van der Waals surface area contributed by atoms with Gasteiger partial charge in [-0.25, -0.2) is 4.98 Å². The fraction of sp³-hybridized carbons (Fsp3) is 0.667. The molecule has 19 heavy (non-hydrogen) atoms. The van der Waals surface area contributed by atoms with Gasteiger partial charge in [-0.2, -0.15) is 0 Å². The van der Waals surface area contributed by atoms with Crippen molar-refractivity contribution < 1.29 is 9.47 Å². The highest BCUT2D eigenvalue weighted by Crippen LogP contribution is 2.21. The van der Waals surface area contributed by atoms with E-state index in [0.717, 1.165) is 25.4 Å². The van der Waals surface area contributed by atoms with Gasteiger partial charge in [0, 0.05) is 26.5 Å². The Morgan fingerprint density at radius 3 is 2.53 bits per heavy atom. The Morgan fingerprint density at radius 1 is 1.16 bits per heavy atom. The summed E-state index contributed by atoms with van der Waals surface area (Å²) in [5, 5.41) is 3.29. The summed E-state index contributed by atoms with van der Waals surface area (Å²) in [7, 11) is 1.68. The van der Waals surface area contributed by atoms with E-state index in [0.29, 0.717) is 13.2 Å². The maximum Gasteiger partial charge on any atom is 0.125 e. The van der Waals surface area contributed by atoms with Gasteiger partial charge in [0.15, 0.2) is 0 Å². The minimum absolute atomic E-state index is 0.153. The molecule has 1 rings (SSSR count). The summed E-state index contributed by atoms with van der Waals surface area (Å²) in [4.78, 5) is 4.42. The van der Waals surface area contributed by atoms with Crippen molar-refractivity contribution >= 4 is 5.82 Å². The number of rotatable bonds is 8. The maximum absolute atomic E-state index is 5.39. The summed E-state index contributed by atoms with van der Waals surface area (Å²) >= 11 is 0. The van der Waals surface area contributed by atoms with Crippen LogP contribution in [0, 0.1) is 0 Å². The molecule has 0 bridgehead atoms. The Bertz CT molecular complexity index is 344. The number of hydrogen-bond donors (Lipinski definition) is 1. The lowest BCUT2D eigenvalue weighted by molar-refractivity contribution is 0.0705. The lowest BCUT2D eigenvalue weighted by Gasteiger charge is -2.18. The van der Waals surface area contributed by atoms with E-state index in [4.69, 9.17) is 9.47 Å². The molecule has 0 aliphatic rings. The smallest absolute Gasteiger partial charge is 0.125 e. The maximum atomic E-state index is 5.39. The fourth-order valence-electron chi connectivity index (χ4n) is 1.58. The second-order valence-electron chi connectivity index (χ2n) is 5.57. The van der Waals surface area contributed by atoms with Crippen molar-refractivity contribution in [3.8, 4) is 0 Å². The van der Waals surface area contributed by atoms with Gasteiger partial charge < -0.3 is 14.8 Å². The topological polar surface area (TPSA) is 43.4 Å². The quantitative estimate of drug-likeness (QED) is 0.735. The molecule has 0 unspecified atom stereocenters. The van der Waals surface area contributed by atoms with Crippen molar-refractivity contribution in [2.45, 2.75) is 32.6 Å². The molecule has 0 atom stereocenters. The summed E-state index contributed by atoms with van der Waals surface area (Å²) in [5.74, 6) is 0.921. The van der Waals surface area contributed by atoms with E-state index in [1.807, 2.05) is 12.3 Å². The van der Waals surface area contributed by atoms with Crippen LogP contribution in [0.4, 0.5) is 5.82 Å². The highest BCUT2D eigenvalue weighted by atomic mass is 16.5. The van der Waals surface area contributed by atoms with E-state index in [2.05, 4.69) is 37.1 Å². The predicted octanol–water partition coefficient (Wildman–Crippen LogP) is 2.84. The molecule has 0 radical (unpaired) electrons. The molecule has 4 nitrogen and oxygen atoms in total. The van der Waals surface area contributed by atoms with Crippen LogP contribution >= 0.6 is 0 Å². The van der Waals surface area contributed by atoms with Gasteiger partial charge in [-0.1, -0.05) is 26.8 Å². The van der Waals surface area contributed by atoms with E-state index in [1.54, 1.807) is 7.11 Å². The molecule has 0 saturated heterocycles. The molecule has 0 amide bonds. The Kier molecular flexibility index (Phi) is 6.81. The van der Waals surface area contributed by atoms with Crippen LogP contribution in [0.5, 0.6) is 0 Å². The molecule has 0 aromatic carbocycles. The minimum Gasteiger partial charge on any atom is -0.382 e. The molecule has 0 spiro atoms. The van der Waals surface area contributed by atoms with Crippen LogP contribution < -0.4 is 5.32 Å². The van der Waals surface area contributed by atoms with Crippen LogP contribution in [-0.4, -0.2) is 38.5 Å². The summed E-state index contributed by atoms with van der Waals surface area (Å²) < 4.78 is 10.3. The number of nitrogens with zero attached hydrogens (tertiary/aromatic N) is 1. The van der Waals surface area contributed by atoms with E-state index < -0.39 is 0 Å². The van der Waals surface area contributed by atoms with Crippen molar-refractivity contribution in [2.75, 3.05) is 38.8 Å². The lowest BCUT2D eigenvalue weighted by atomic mass is 9.88. The van der Waals surface area contributed by atoms with Crippen LogP contribution in [0.1, 0.15) is 32.8 Å². The molecule has 4 heteroatoms.